The predicted molar refractivity (Wildman–Crippen MR) is 82.3 cm³/mol. The van der Waals surface area contributed by atoms with Crippen molar-refractivity contribution in [3.8, 4) is 0 Å². The van der Waals surface area contributed by atoms with Gasteiger partial charge in [-0.15, -0.1) is 0 Å². The van der Waals surface area contributed by atoms with Crippen LogP contribution in [0.5, 0.6) is 0 Å². The highest BCUT2D eigenvalue weighted by molar-refractivity contribution is 5.32. The van der Waals surface area contributed by atoms with Crippen LogP contribution >= 0.6 is 0 Å². The molecule has 0 spiro atoms. The van der Waals surface area contributed by atoms with Gasteiger partial charge in [0.25, 0.3) is 0 Å². The maximum absolute atomic E-state index is 6.42. The number of piperidine rings is 1. The molecule has 1 aliphatic heterocycles. The van der Waals surface area contributed by atoms with Crippen molar-refractivity contribution in [1.29, 1.82) is 0 Å². The van der Waals surface area contributed by atoms with Crippen molar-refractivity contribution in [3.05, 3.63) is 34.9 Å². The van der Waals surface area contributed by atoms with Gasteiger partial charge in [-0.05, 0) is 50.3 Å². The second-order valence-electron chi connectivity index (χ2n) is 6.14. The molecular formula is C17H28N2. The molecule has 106 valence electrons. The average molecular weight is 260 g/mol. The summed E-state index contributed by atoms with van der Waals surface area (Å²) in [5.41, 5.74) is 10.4. The summed E-state index contributed by atoms with van der Waals surface area (Å²) < 4.78 is 0. The van der Waals surface area contributed by atoms with Crippen molar-refractivity contribution < 1.29 is 0 Å². The van der Waals surface area contributed by atoms with Gasteiger partial charge in [0.15, 0.2) is 0 Å². The van der Waals surface area contributed by atoms with Crippen LogP contribution < -0.4 is 5.73 Å². The van der Waals surface area contributed by atoms with E-state index in [4.69, 9.17) is 5.73 Å². The van der Waals surface area contributed by atoms with E-state index in [9.17, 15) is 0 Å². The van der Waals surface area contributed by atoms with E-state index in [-0.39, 0.29) is 6.04 Å². The second kappa shape index (κ2) is 6.53. The third-order valence-electron chi connectivity index (χ3n) is 4.46. The van der Waals surface area contributed by atoms with Gasteiger partial charge in [0.05, 0.1) is 0 Å². The number of hydrogen-bond donors (Lipinski definition) is 1. The first-order valence-electron chi connectivity index (χ1n) is 7.65. The van der Waals surface area contributed by atoms with Crippen molar-refractivity contribution in [1.82, 2.24) is 4.90 Å². The fourth-order valence-electron chi connectivity index (χ4n) is 3.27. The molecule has 0 saturated carbocycles. The lowest BCUT2D eigenvalue weighted by Crippen LogP contribution is -2.39. The third-order valence-corrected chi connectivity index (χ3v) is 4.46. The van der Waals surface area contributed by atoms with Crippen LogP contribution in [0.25, 0.3) is 0 Å². The number of benzene rings is 1. The van der Waals surface area contributed by atoms with Gasteiger partial charge in [0.2, 0.25) is 0 Å². The molecule has 1 heterocycles. The van der Waals surface area contributed by atoms with Crippen molar-refractivity contribution in [2.45, 2.75) is 46.1 Å². The van der Waals surface area contributed by atoms with E-state index in [1.807, 2.05) is 0 Å². The van der Waals surface area contributed by atoms with E-state index < -0.39 is 0 Å². The molecule has 0 aliphatic carbocycles. The van der Waals surface area contributed by atoms with Crippen molar-refractivity contribution in [2.75, 3.05) is 19.6 Å². The van der Waals surface area contributed by atoms with Crippen LogP contribution in [0, 0.1) is 19.8 Å². The minimum atomic E-state index is 0.149. The highest BCUT2D eigenvalue weighted by Gasteiger charge is 2.21. The Morgan fingerprint density at radius 1 is 1.37 bits per heavy atom. The number of nitrogens with two attached hydrogens (primary N) is 1. The molecule has 1 aliphatic rings. The zero-order valence-corrected chi connectivity index (χ0v) is 12.7. The van der Waals surface area contributed by atoms with Gasteiger partial charge in [-0.2, -0.15) is 0 Å². The number of hydrogen-bond acceptors (Lipinski definition) is 2. The Kier molecular flexibility index (Phi) is 5.00. The van der Waals surface area contributed by atoms with Gasteiger partial charge in [0, 0.05) is 19.1 Å². The third kappa shape index (κ3) is 3.80. The Morgan fingerprint density at radius 3 is 2.84 bits per heavy atom. The molecule has 2 unspecified atom stereocenters. The van der Waals surface area contributed by atoms with Crippen molar-refractivity contribution >= 4 is 0 Å². The maximum atomic E-state index is 6.42. The zero-order valence-electron chi connectivity index (χ0n) is 12.7. The van der Waals surface area contributed by atoms with E-state index in [1.54, 1.807) is 0 Å². The summed E-state index contributed by atoms with van der Waals surface area (Å²) in [4.78, 5) is 2.56. The SMILES string of the molecule is CCC1CCCN(CC(N)c2ccc(C)cc2C)C1. The predicted octanol–water partition coefficient (Wildman–Crippen LogP) is 3.43. The van der Waals surface area contributed by atoms with E-state index in [0.29, 0.717) is 0 Å². The van der Waals surface area contributed by atoms with E-state index in [0.717, 1.165) is 12.5 Å². The molecule has 1 fully saturated rings. The fourth-order valence-corrected chi connectivity index (χ4v) is 3.27. The summed E-state index contributed by atoms with van der Waals surface area (Å²) >= 11 is 0. The van der Waals surface area contributed by atoms with Gasteiger partial charge in [-0.25, -0.2) is 0 Å². The lowest BCUT2D eigenvalue weighted by Gasteiger charge is -2.34. The summed E-state index contributed by atoms with van der Waals surface area (Å²) in [5, 5.41) is 0. The Bertz CT molecular complexity index is 414. The standard InChI is InChI=1S/C17H28N2/c1-4-15-6-5-9-19(11-15)12-17(18)16-8-7-13(2)10-14(16)3/h7-8,10,15,17H,4-6,9,11-12,18H2,1-3H3. The highest BCUT2D eigenvalue weighted by Crippen LogP contribution is 2.23. The number of nitrogens with zero attached hydrogens (tertiary/aromatic N) is 1. The molecule has 2 nitrogen and oxygen atoms in total. The molecule has 0 radical (unpaired) electrons. The highest BCUT2D eigenvalue weighted by atomic mass is 15.1. The zero-order chi connectivity index (χ0) is 13.8. The Hall–Kier alpha value is -0.860. The second-order valence-corrected chi connectivity index (χ2v) is 6.14. The smallest absolute Gasteiger partial charge is 0.0426 e. The topological polar surface area (TPSA) is 29.3 Å². The van der Waals surface area contributed by atoms with Crippen LogP contribution in [0.3, 0.4) is 0 Å². The van der Waals surface area contributed by atoms with Crippen LogP contribution in [-0.2, 0) is 0 Å². The van der Waals surface area contributed by atoms with Crippen LogP contribution in [0.15, 0.2) is 18.2 Å². The van der Waals surface area contributed by atoms with Crippen LogP contribution in [-0.4, -0.2) is 24.5 Å². The molecule has 2 atom stereocenters. The van der Waals surface area contributed by atoms with Crippen molar-refractivity contribution in [3.63, 3.8) is 0 Å². The van der Waals surface area contributed by atoms with Gasteiger partial charge >= 0.3 is 0 Å². The lowest BCUT2D eigenvalue weighted by atomic mass is 9.94. The molecular weight excluding hydrogens is 232 g/mol. The first-order chi connectivity index (χ1) is 9.10. The van der Waals surface area contributed by atoms with E-state index >= 15 is 0 Å². The first kappa shape index (κ1) is 14.5. The quantitative estimate of drug-likeness (QED) is 0.898. The Balaban J connectivity index is 1.98. The fraction of sp³-hybridized carbons (Fsp3) is 0.647. The van der Waals surface area contributed by atoms with E-state index in [2.05, 4.69) is 43.9 Å². The molecule has 0 bridgehead atoms. The summed E-state index contributed by atoms with van der Waals surface area (Å²) in [6, 6.07) is 6.76. The molecule has 1 saturated heterocycles. The Labute approximate surface area is 118 Å². The minimum absolute atomic E-state index is 0.149. The largest absolute Gasteiger partial charge is 0.323 e. The van der Waals surface area contributed by atoms with Gasteiger partial charge in [-0.1, -0.05) is 37.1 Å². The molecule has 0 amide bonds. The molecule has 1 aromatic carbocycles. The monoisotopic (exact) mass is 260 g/mol. The summed E-state index contributed by atoms with van der Waals surface area (Å²) in [7, 11) is 0. The lowest BCUT2D eigenvalue weighted by molar-refractivity contribution is 0.163. The summed E-state index contributed by atoms with van der Waals surface area (Å²) in [6.07, 6.45) is 4.03. The van der Waals surface area contributed by atoms with Crippen LogP contribution in [0.1, 0.15) is 48.9 Å². The van der Waals surface area contributed by atoms with Gasteiger partial charge in [0.1, 0.15) is 0 Å². The van der Waals surface area contributed by atoms with Crippen molar-refractivity contribution in [2.24, 2.45) is 11.7 Å². The number of aryl methyl sites for hydroxylation is 2. The van der Waals surface area contributed by atoms with E-state index in [1.165, 1.54) is 49.0 Å². The first-order valence-corrected chi connectivity index (χ1v) is 7.65. The summed E-state index contributed by atoms with van der Waals surface area (Å²) in [6.45, 7) is 10.1. The van der Waals surface area contributed by atoms with Crippen LogP contribution in [0.2, 0.25) is 0 Å². The molecule has 0 aromatic heterocycles. The van der Waals surface area contributed by atoms with Gasteiger partial charge < -0.3 is 10.6 Å². The molecule has 2 heteroatoms. The van der Waals surface area contributed by atoms with Gasteiger partial charge in [-0.3, -0.25) is 0 Å². The number of rotatable bonds is 4. The van der Waals surface area contributed by atoms with Crippen LogP contribution in [0.4, 0.5) is 0 Å². The minimum Gasteiger partial charge on any atom is -0.323 e. The summed E-state index contributed by atoms with van der Waals surface area (Å²) in [5.74, 6) is 0.875. The molecule has 2 rings (SSSR count). The molecule has 19 heavy (non-hydrogen) atoms. The molecule has 2 N–H and O–H groups in total. The maximum Gasteiger partial charge on any atom is 0.0426 e. The molecule has 1 aromatic rings. The number of likely N-dealkylation sites (tertiary alicyclic amines) is 1. The Morgan fingerprint density at radius 2 is 2.16 bits per heavy atom. The normalized spacial score (nSPS) is 22.4. The average Bonchev–Trinajstić information content (AvgIpc) is 2.38.